The van der Waals surface area contributed by atoms with Crippen LogP contribution >= 0.6 is 0 Å². The van der Waals surface area contributed by atoms with Gasteiger partial charge in [0.15, 0.2) is 0 Å². The van der Waals surface area contributed by atoms with Gasteiger partial charge >= 0.3 is 0 Å². The third-order valence-corrected chi connectivity index (χ3v) is 3.93. The average molecular weight is 238 g/mol. The smallest absolute Gasteiger partial charge is 0.246 e. The zero-order valence-electron chi connectivity index (χ0n) is 11.7. The summed E-state index contributed by atoms with van der Waals surface area (Å²) in [4.78, 5) is 14.1. The summed E-state index contributed by atoms with van der Waals surface area (Å²) in [6, 6.07) is 0. The molecule has 1 aliphatic carbocycles. The minimum Gasteiger partial charge on any atom is -0.350 e. The highest BCUT2D eigenvalue weighted by Crippen LogP contribution is 2.33. The van der Waals surface area contributed by atoms with E-state index in [1.807, 2.05) is 13.0 Å². The molecular formula is C14H26N2O. The fourth-order valence-corrected chi connectivity index (χ4v) is 2.60. The molecule has 3 nitrogen and oxygen atoms in total. The van der Waals surface area contributed by atoms with E-state index < -0.39 is 0 Å². The molecule has 1 aliphatic rings. The highest BCUT2D eigenvalue weighted by molar-refractivity contribution is 5.92. The molecular weight excluding hydrogens is 212 g/mol. The molecule has 0 aromatic carbocycles. The molecule has 0 aliphatic heterocycles. The second-order valence-corrected chi connectivity index (χ2v) is 5.30. The van der Waals surface area contributed by atoms with Gasteiger partial charge in [-0.2, -0.15) is 0 Å². The zero-order chi connectivity index (χ0) is 12.9. The first-order valence-corrected chi connectivity index (χ1v) is 6.64. The molecule has 1 saturated carbocycles. The fourth-order valence-electron chi connectivity index (χ4n) is 2.60. The van der Waals surface area contributed by atoms with E-state index in [1.54, 1.807) is 0 Å². The van der Waals surface area contributed by atoms with Gasteiger partial charge in [-0.05, 0) is 40.3 Å². The van der Waals surface area contributed by atoms with Crippen molar-refractivity contribution in [1.29, 1.82) is 0 Å². The second-order valence-electron chi connectivity index (χ2n) is 5.30. The molecule has 0 atom stereocenters. The van der Waals surface area contributed by atoms with Crippen LogP contribution in [0.2, 0.25) is 0 Å². The molecule has 0 radical (unpaired) electrons. The zero-order valence-corrected chi connectivity index (χ0v) is 11.7. The summed E-state index contributed by atoms with van der Waals surface area (Å²) in [6.07, 6.45) is 7.83. The molecule has 0 aromatic heterocycles. The molecule has 1 rings (SSSR count). The largest absolute Gasteiger partial charge is 0.350 e. The van der Waals surface area contributed by atoms with Crippen molar-refractivity contribution < 1.29 is 4.79 Å². The number of carbonyl (C=O) groups is 1. The van der Waals surface area contributed by atoms with Crippen molar-refractivity contribution in [3.63, 3.8) is 0 Å². The van der Waals surface area contributed by atoms with Crippen LogP contribution in [0.25, 0.3) is 0 Å². The summed E-state index contributed by atoms with van der Waals surface area (Å²) in [5, 5.41) is 3.08. The molecule has 0 unspecified atom stereocenters. The van der Waals surface area contributed by atoms with Crippen molar-refractivity contribution in [1.82, 2.24) is 10.2 Å². The molecule has 0 saturated heterocycles. The summed E-state index contributed by atoms with van der Waals surface area (Å²) in [6.45, 7) is 4.71. The maximum atomic E-state index is 11.9. The quantitative estimate of drug-likeness (QED) is 0.746. The van der Waals surface area contributed by atoms with Crippen LogP contribution in [0, 0.1) is 0 Å². The Labute approximate surface area is 105 Å². The highest BCUT2D eigenvalue weighted by atomic mass is 16.1. The Morgan fingerprint density at radius 1 is 1.35 bits per heavy atom. The van der Waals surface area contributed by atoms with E-state index >= 15 is 0 Å². The standard InChI is InChI=1S/C14H26N2O/c1-5-8-12(2)13(17)15-11-14(16(3)4)9-6-7-10-14/h8H,5-7,9-11H2,1-4H3,(H,15,17)/b12-8+. The van der Waals surface area contributed by atoms with Crippen LogP contribution in [0.5, 0.6) is 0 Å². The number of nitrogens with zero attached hydrogens (tertiary/aromatic N) is 1. The van der Waals surface area contributed by atoms with E-state index in [9.17, 15) is 4.79 Å². The van der Waals surface area contributed by atoms with Crippen molar-refractivity contribution >= 4 is 5.91 Å². The molecule has 17 heavy (non-hydrogen) atoms. The van der Waals surface area contributed by atoms with E-state index in [4.69, 9.17) is 0 Å². The number of hydrogen-bond acceptors (Lipinski definition) is 2. The maximum absolute atomic E-state index is 11.9. The molecule has 3 heteroatoms. The van der Waals surface area contributed by atoms with Crippen LogP contribution in [0.3, 0.4) is 0 Å². The van der Waals surface area contributed by atoms with Crippen molar-refractivity contribution in [2.45, 2.75) is 51.5 Å². The van der Waals surface area contributed by atoms with E-state index in [2.05, 4.69) is 31.2 Å². The Balaban J connectivity index is 2.53. The number of likely N-dealkylation sites (N-methyl/N-ethyl adjacent to an activating group) is 1. The van der Waals surface area contributed by atoms with Gasteiger partial charge in [0.05, 0.1) is 0 Å². The van der Waals surface area contributed by atoms with Gasteiger partial charge in [0.25, 0.3) is 0 Å². The van der Waals surface area contributed by atoms with Gasteiger partial charge < -0.3 is 10.2 Å². The van der Waals surface area contributed by atoms with E-state index in [-0.39, 0.29) is 11.4 Å². The second kappa shape index (κ2) is 6.20. The van der Waals surface area contributed by atoms with Crippen molar-refractivity contribution in [2.75, 3.05) is 20.6 Å². The molecule has 0 heterocycles. The summed E-state index contributed by atoms with van der Waals surface area (Å²) in [7, 11) is 4.23. The van der Waals surface area contributed by atoms with E-state index in [0.29, 0.717) is 0 Å². The number of carbonyl (C=O) groups excluding carboxylic acids is 1. The van der Waals surface area contributed by atoms with Gasteiger partial charge in [-0.3, -0.25) is 4.79 Å². The minimum atomic E-state index is 0.0833. The van der Waals surface area contributed by atoms with Gasteiger partial charge in [0.1, 0.15) is 0 Å². The summed E-state index contributed by atoms with van der Waals surface area (Å²) in [5.41, 5.74) is 1.02. The Morgan fingerprint density at radius 2 is 1.94 bits per heavy atom. The average Bonchev–Trinajstić information content (AvgIpc) is 2.76. The van der Waals surface area contributed by atoms with Gasteiger partial charge in [-0.1, -0.05) is 25.8 Å². The monoisotopic (exact) mass is 238 g/mol. The Hall–Kier alpha value is -0.830. The summed E-state index contributed by atoms with van der Waals surface area (Å²) < 4.78 is 0. The maximum Gasteiger partial charge on any atom is 0.246 e. The topological polar surface area (TPSA) is 32.3 Å². The van der Waals surface area contributed by atoms with Crippen molar-refractivity contribution in [3.05, 3.63) is 11.6 Å². The van der Waals surface area contributed by atoms with Crippen LogP contribution in [-0.2, 0) is 4.79 Å². The highest BCUT2D eigenvalue weighted by Gasteiger charge is 2.36. The van der Waals surface area contributed by atoms with Gasteiger partial charge in [0, 0.05) is 17.7 Å². The number of allylic oxidation sites excluding steroid dienone is 1. The predicted octanol–water partition coefficient (Wildman–Crippen LogP) is 2.33. The first-order chi connectivity index (χ1) is 8.02. The first kappa shape index (κ1) is 14.2. The fraction of sp³-hybridized carbons (Fsp3) is 0.786. The molecule has 0 aromatic rings. The predicted molar refractivity (Wildman–Crippen MR) is 71.9 cm³/mol. The van der Waals surface area contributed by atoms with Gasteiger partial charge in [-0.25, -0.2) is 0 Å². The third-order valence-electron chi connectivity index (χ3n) is 3.93. The van der Waals surface area contributed by atoms with Gasteiger partial charge in [0.2, 0.25) is 5.91 Å². The van der Waals surface area contributed by atoms with Crippen LogP contribution in [0.15, 0.2) is 11.6 Å². The normalized spacial score (nSPS) is 19.7. The number of rotatable bonds is 5. The minimum absolute atomic E-state index is 0.0833. The number of nitrogens with one attached hydrogen (secondary N) is 1. The van der Waals surface area contributed by atoms with Crippen molar-refractivity contribution in [3.8, 4) is 0 Å². The lowest BCUT2D eigenvalue weighted by molar-refractivity contribution is -0.118. The molecule has 1 N–H and O–H groups in total. The van der Waals surface area contributed by atoms with Crippen LogP contribution in [0.1, 0.15) is 46.0 Å². The van der Waals surface area contributed by atoms with E-state index in [0.717, 1.165) is 18.5 Å². The Morgan fingerprint density at radius 3 is 2.41 bits per heavy atom. The van der Waals surface area contributed by atoms with Crippen LogP contribution < -0.4 is 5.32 Å². The lowest BCUT2D eigenvalue weighted by Crippen LogP contribution is -2.50. The molecule has 0 spiro atoms. The molecule has 98 valence electrons. The van der Waals surface area contributed by atoms with Gasteiger partial charge in [-0.15, -0.1) is 0 Å². The third kappa shape index (κ3) is 3.56. The van der Waals surface area contributed by atoms with Crippen molar-refractivity contribution in [2.24, 2.45) is 0 Å². The van der Waals surface area contributed by atoms with Crippen LogP contribution in [0.4, 0.5) is 0 Å². The van der Waals surface area contributed by atoms with Crippen LogP contribution in [-0.4, -0.2) is 37.0 Å². The first-order valence-electron chi connectivity index (χ1n) is 6.64. The lowest BCUT2D eigenvalue weighted by atomic mass is 9.96. The van der Waals surface area contributed by atoms with E-state index in [1.165, 1.54) is 25.7 Å². The number of amides is 1. The Bertz CT molecular complexity index is 289. The summed E-state index contributed by atoms with van der Waals surface area (Å²) >= 11 is 0. The SMILES string of the molecule is CC/C=C(\C)C(=O)NCC1(N(C)C)CCCC1. The molecule has 1 amide bonds. The number of hydrogen-bond donors (Lipinski definition) is 1. The molecule has 1 fully saturated rings. The molecule has 0 bridgehead atoms. The lowest BCUT2D eigenvalue weighted by Gasteiger charge is -2.36. The Kier molecular flexibility index (Phi) is 5.19. The summed E-state index contributed by atoms with van der Waals surface area (Å²) in [5.74, 6) is 0.0833.